The van der Waals surface area contributed by atoms with Gasteiger partial charge < -0.3 is 19.6 Å². The second-order valence-electron chi connectivity index (χ2n) is 9.70. The van der Waals surface area contributed by atoms with Crippen LogP contribution in [0.1, 0.15) is 24.8 Å². The Morgan fingerprint density at radius 3 is 2.78 bits per heavy atom. The molecule has 0 aliphatic carbocycles. The van der Waals surface area contributed by atoms with Gasteiger partial charge in [0, 0.05) is 29.6 Å². The number of aromatic hydroxyl groups is 1. The number of carbonyl (C=O) groups is 1. The average molecular weight is 505 g/mol. The van der Waals surface area contributed by atoms with Crippen molar-refractivity contribution in [3.63, 3.8) is 0 Å². The predicted octanol–water partition coefficient (Wildman–Crippen LogP) is 3.67. The van der Waals surface area contributed by atoms with Crippen LogP contribution in [0.2, 0.25) is 0 Å². The van der Waals surface area contributed by atoms with Crippen LogP contribution >= 0.6 is 0 Å². The van der Waals surface area contributed by atoms with E-state index in [1.54, 1.807) is 13.0 Å². The Morgan fingerprint density at radius 1 is 1.19 bits per heavy atom. The number of phenolic OH excluding ortho intramolecular Hbond substituents is 1. The van der Waals surface area contributed by atoms with Gasteiger partial charge in [0.25, 0.3) is 0 Å². The number of halogens is 1. The molecule has 4 aromatic rings. The molecule has 9 nitrogen and oxygen atoms in total. The number of aryl methyl sites for hydroxylation is 1. The standard InChI is InChI=1S/C27H25FN4O5/c1-14-21-20(24(34)37-22(14)17-12-16(33)11-15-5-3-6-18(28)19(15)17)23(31-26(30-21)36-2)32-10-8-27(25(32)35)7-4-9-29-13-27/h3,5-6,11-12,29,33H,4,7-10,13H2,1-2H3. The summed E-state index contributed by atoms with van der Waals surface area (Å²) in [5.74, 6) is -0.514. The molecular weight excluding hydrogens is 479 g/mol. The number of carbonyl (C=O) groups excluding carboxylic acids is 1. The van der Waals surface area contributed by atoms with E-state index in [0.29, 0.717) is 30.5 Å². The van der Waals surface area contributed by atoms with Gasteiger partial charge in [0.15, 0.2) is 5.82 Å². The van der Waals surface area contributed by atoms with Crippen molar-refractivity contribution >= 4 is 33.4 Å². The molecule has 2 aliphatic rings. The highest BCUT2D eigenvalue weighted by Gasteiger charge is 2.48. The molecule has 190 valence electrons. The van der Waals surface area contributed by atoms with Gasteiger partial charge in [0.1, 0.15) is 22.7 Å². The number of anilines is 1. The number of nitrogens with zero attached hydrogens (tertiary/aromatic N) is 3. The lowest BCUT2D eigenvalue weighted by molar-refractivity contribution is -0.126. The Morgan fingerprint density at radius 2 is 2.03 bits per heavy atom. The zero-order chi connectivity index (χ0) is 25.9. The van der Waals surface area contributed by atoms with Crippen LogP contribution in [0, 0.1) is 18.2 Å². The third-order valence-corrected chi connectivity index (χ3v) is 7.54. The molecule has 0 bridgehead atoms. The number of rotatable bonds is 3. The summed E-state index contributed by atoms with van der Waals surface area (Å²) < 4.78 is 26.0. The summed E-state index contributed by atoms with van der Waals surface area (Å²) in [6, 6.07) is 7.28. The highest BCUT2D eigenvalue weighted by atomic mass is 19.1. The van der Waals surface area contributed by atoms with Crippen LogP contribution in [0.5, 0.6) is 11.8 Å². The summed E-state index contributed by atoms with van der Waals surface area (Å²) in [4.78, 5) is 37.5. The van der Waals surface area contributed by atoms with Gasteiger partial charge in [0.2, 0.25) is 5.91 Å². The van der Waals surface area contributed by atoms with Gasteiger partial charge >= 0.3 is 11.6 Å². The maximum Gasteiger partial charge on any atom is 0.349 e. The summed E-state index contributed by atoms with van der Waals surface area (Å²) in [5.41, 5.74) is -0.427. The number of phenols is 1. The lowest BCUT2D eigenvalue weighted by atomic mass is 9.79. The first-order chi connectivity index (χ1) is 17.8. The van der Waals surface area contributed by atoms with Gasteiger partial charge in [0.05, 0.1) is 18.0 Å². The number of hydrogen-bond acceptors (Lipinski definition) is 8. The Labute approximate surface area is 210 Å². The molecule has 0 saturated carbocycles. The third kappa shape index (κ3) is 3.54. The van der Waals surface area contributed by atoms with Crippen LogP contribution in [0.15, 0.2) is 39.5 Å². The van der Waals surface area contributed by atoms with Crippen molar-refractivity contribution in [1.29, 1.82) is 0 Å². The Balaban J connectivity index is 1.59. The van der Waals surface area contributed by atoms with E-state index in [0.717, 1.165) is 19.4 Å². The average Bonchev–Trinajstić information content (AvgIpc) is 3.20. The fourth-order valence-electron chi connectivity index (χ4n) is 5.69. The van der Waals surface area contributed by atoms with E-state index in [-0.39, 0.29) is 51.1 Å². The summed E-state index contributed by atoms with van der Waals surface area (Å²) in [6.07, 6.45) is 2.31. The number of piperidine rings is 1. The summed E-state index contributed by atoms with van der Waals surface area (Å²) in [6.45, 7) is 3.54. The number of fused-ring (bicyclic) bond motifs is 2. The molecule has 4 heterocycles. The maximum atomic E-state index is 14.9. The minimum atomic E-state index is -0.767. The molecule has 1 unspecified atom stereocenters. The van der Waals surface area contributed by atoms with E-state index in [9.17, 15) is 19.1 Å². The van der Waals surface area contributed by atoms with Crippen molar-refractivity contribution in [2.75, 3.05) is 31.6 Å². The van der Waals surface area contributed by atoms with Crippen molar-refractivity contribution in [1.82, 2.24) is 15.3 Å². The largest absolute Gasteiger partial charge is 0.508 e. The molecule has 2 N–H and O–H groups in total. The number of nitrogens with one attached hydrogen (secondary N) is 1. The summed E-state index contributed by atoms with van der Waals surface area (Å²) in [7, 11) is 1.41. The normalized spacial score (nSPS) is 19.9. The van der Waals surface area contributed by atoms with Crippen molar-refractivity contribution in [2.24, 2.45) is 5.41 Å². The molecule has 2 aromatic heterocycles. The molecule has 6 rings (SSSR count). The second-order valence-corrected chi connectivity index (χ2v) is 9.70. The van der Waals surface area contributed by atoms with Crippen molar-refractivity contribution in [3.05, 3.63) is 52.1 Å². The van der Waals surface area contributed by atoms with E-state index in [2.05, 4.69) is 15.3 Å². The molecule has 2 aromatic carbocycles. The first-order valence-electron chi connectivity index (χ1n) is 12.2. The lowest BCUT2D eigenvalue weighted by Gasteiger charge is -2.32. The van der Waals surface area contributed by atoms with Crippen LogP contribution in [-0.2, 0) is 4.79 Å². The number of aromatic nitrogens is 2. The molecule has 1 amide bonds. The number of ether oxygens (including phenoxy) is 1. The first kappa shape index (κ1) is 23.4. The molecule has 2 fully saturated rings. The SMILES string of the molecule is COc1nc(N2CCC3(CCCNC3)C2=O)c2c(=O)oc(-c3cc(O)cc4cccc(F)c34)c(C)c2n1. The molecule has 37 heavy (non-hydrogen) atoms. The lowest BCUT2D eigenvalue weighted by Crippen LogP contribution is -2.46. The number of methoxy groups -OCH3 is 1. The fraction of sp³-hybridized carbons (Fsp3) is 0.333. The minimum absolute atomic E-state index is 0.00961. The first-order valence-corrected chi connectivity index (χ1v) is 12.2. The maximum absolute atomic E-state index is 14.9. The van der Waals surface area contributed by atoms with E-state index < -0.39 is 16.9 Å². The molecule has 1 spiro atoms. The number of hydrogen-bond donors (Lipinski definition) is 2. The number of benzene rings is 2. The van der Waals surface area contributed by atoms with Crippen LogP contribution in [-0.4, -0.2) is 47.7 Å². The second kappa shape index (κ2) is 8.52. The van der Waals surface area contributed by atoms with Crippen molar-refractivity contribution in [3.8, 4) is 23.1 Å². The quantitative estimate of drug-likeness (QED) is 0.434. The van der Waals surface area contributed by atoms with Gasteiger partial charge in [-0.3, -0.25) is 9.69 Å². The van der Waals surface area contributed by atoms with E-state index in [1.165, 1.54) is 36.3 Å². The van der Waals surface area contributed by atoms with E-state index in [1.807, 2.05) is 0 Å². The summed E-state index contributed by atoms with van der Waals surface area (Å²) in [5, 5.41) is 14.3. The molecular formula is C27H25FN4O5. The minimum Gasteiger partial charge on any atom is -0.508 e. The molecule has 2 aliphatic heterocycles. The third-order valence-electron chi connectivity index (χ3n) is 7.54. The van der Waals surface area contributed by atoms with Gasteiger partial charge in [-0.1, -0.05) is 12.1 Å². The Hall–Kier alpha value is -4.05. The zero-order valence-electron chi connectivity index (χ0n) is 20.4. The fourth-order valence-corrected chi connectivity index (χ4v) is 5.69. The zero-order valence-corrected chi connectivity index (χ0v) is 20.4. The molecule has 2 saturated heterocycles. The smallest absolute Gasteiger partial charge is 0.349 e. The molecule has 10 heteroatoms. The number of amides is 1. The summed E-state index contributed by atoms with van der Waals surface area (Å²) >= 11 is 0. The monoisotopic (exact) mass is 504 g/mol. The molecule has 0 radical (unpaired) electrons. The molecule has 1 atom stereocenters. The Kier molecular flexibility index (Phi) is 5.38. The van der Waals surface area contributed by atoms with E-state index >= 15 is 0 Å². The topological polar surface area (TPSA) is 118 Å². The van der Waals surface area contributed by atoms with E-state index in [4.69, 9.17) is 9.15 Å². The van der Waals surface area contributed by atoms with Crippen LogP contribution in [0.25, 0.3) is 33.0 Å². The Bertz CT molecular complexity index is 1640. The van der Waals surface area contributed by atoms with Crippen LogP contribution in [0.4, 0.5) is 10.2 Å². The van der Waals surface area contributed by atoms with Crippen LogP contribution in [0.3, 0.4) is 0 Å². The highest BCUT2D eigenvalue weighted by Crippen LogP contribution is 2.42. The highest BCUT2D eigenvalue weighted by molar-refractivity contribution is 6.06. The van der Waals surface area contributed by atoms with Gasteiger partial charge in [-0.05, 0) is 56.3 Å². The van der Waals surface area contributed by atoms with Gasteiger partial charge in [-0.2, -0.15) is 9.97 Å². The van der Waals surface area contributed by atoms with Gasteiger partial charge in [-0.15, -0.1) is 0 Å². The van der Waals surface area contributed by atoms with Crippen LogP contribution < -0.4 is 20.6 Å². The van der Waals surface area contributed by atoms with Crippen molar-refractivity contribution in [2.45, 2.75) is 26.2 Å². The predicted molar refractivity (Wildman–Crippen MR) is 135 cm³/mol. The van der Waals surface area contributed by atoms with Gasteiger partial charge in [-0.25, -0.2) is 9.18 Å². The van der Waals surface area contributed by atoms with Crippen molar-refractivity contribution < 1.29 is 23.4 Å².